The molecule has 3 amide bonds. The van der Waals surface area contributed by atoms with Crippen LogP contribution in [0.4, 0.5) is 11.4 Å². The van der Waals surface area contributed by atoms with E-state index in [0.29, 0.717) is 34.3 Å². The number of carbonyl (C=O) groups is 3. The molecular formula is C28H26N4O7S2. The topological polar surface area (TPSA) is 132 Å². The predicted molar refractivity (Wildman–Crippen MR) is 153 cm³/mol. The van der Waals surface area contributed by atoms with E-state index < -0.39 is 33.8 Å². The minimum atomic E-state index is -0.870. The fourth-order valence-corrected chi connectivity index (χ4v) is 8.63. The number of benzene rings is 2. The molecule has 6 rings (SSSR count). The Balaban J connectivity index is 1.44. The lowest BCUT2D eigenvalue weighted by atomic mass is 9.82. The number of non-ortho nitro benzene ring substituents is 1. The number of para-hydroxylation sites is 1. The Morgan fingerprint density at radius 2 is 1.73 bits per heavy atom. The zero-order valence-electron chi connectivity index (χ0n) is 22.1. The molecule has 11 nitrogen and oxygen atoms in total. The van der Waals surface area contributed by atoms with Gasteiger partial charge in [0.05, 0.1) is 28.7 Å². The number of piperidine rings is 1. The second-order valence-electron chi connectivity index (χ2n) is 10.1. The van der Waals surface area contributed by atoms with E-state index in [1.165, 1.54) is 35.9 Å². The highest BCUT2D eigenvalue weighted by Gasteiger charge is 2.57. The molecule has 41 heavy (non-hydrogen) atoms. The Morgan fingerprint density at radius 3 is 2.41 bits per heavy atom. The third-order valence-electron chi connectivity index (χ3n) is 7.84. The SMILES string of the molecule is COc1ccccc1[C@@H]1c2sc(=O)n(CC(=O)N3CCCCC3)c2S[C@H]2C(=O)N(c3ccc([N+](=O)[O-])cc3)C(=O)[C@@H]12. The van der Waals surface area contributed by atoms with E-state index in [9.17, 15) is 29.3 Å². The first-order valence-electron chi connectivity index (χ1n) is 13.2. The van der Waals surface area contributed by atoms with Gasteiger partial charge in [0.15, 0.2) is 0 Å². The number of carbonyl (C=O) groups excluding carboxylic acids is 3. The van der Waals surface area contributed by atoms with Gasteiger partial charge >= 0.3 is 4.87 Å². The van der Waals surface area contributed by atoms with E-state index in [0.717, 1.165) is 47.3 Å². The molecule has 0 spiro atoms. The van der Waals surface area contributed by atoms with Crippen LogP contribution in [0.2, 0.25) is 0 Å². The molecule has 0 aliphatic carbocycles. The minimum absolute atomic E-state index is 0.137. The van der Waals surface area contributed by atoms with Crippen LogP contribution in [0.5, 0.6) is 5.75 Å². The molecular weight excluding hydrogens is 568 g/mol. The number of nitrogens with zero attached hydrogens (tertiary/aromatic N) is 4. The first-order valence-corrected chi connectivity index (χ1v) is 14.9. The van der Waals surface area contributed by atoms with E-state index in [4.69, 9.17) is 4.74 Å². The van der Waals surface area contributed by atoms with E-state index in [2.05, 4.69) is 0 Å². The number of nitro benzene ring substituents is 1. The van der Waals surface area contributed by atoms with Crippen LogP contribution < -0.4 is 14.5 Å². The molecule has 4 heterocycles. The number of fused-ring (bicyclic) bond motifs is 2. The quantitative estimate of drug-likeness (QED) is 0.240. The fourth-order valence-electron chi connectivity index (χ4n) is 5.87. The number of aromatic nitrogens is 1. The maximum absolute atomic E-state index is 14.0. The van der Waals surface area contributed by atoms with Gasteiger partial charge in [-0.15, -0.1) is 0 Å². The van der Waals surface area contributed by atoms with Crippen LogP contribution in [0, 0.1) is 16.0 Å². The van der Waals surface area contributed by atoms with Gasteiger partial charge < -0.3 is 9.64 Å². The average Bonchev–Trinajstić information content (AvgIpc) is 3.43. The van der Waals surface area contributed by atoms with Crippen LogP contribution >= 0.6 is 23.1 Å². The summed E-state index contributed by atoms with van der Waals surface area (Å²) < 4.78 is 7.07. The summed E-state index contributed by atoms with van der Waals surface area (Å²) in [5.41, 5.74) is 0.741. The number of ether oxygens (including phenoxy) is 1. The number of hydrogen-bond donors (Lipinski definition) is 0. The zero-order valence-corrected chi connectivity index (χ0v) is 23.7. The van der Waals surface area contributed by atoms with E-state index >= 15 is 0 Å². The highest BCUT2D eigenvalue weighted by atomic mass is 32.2. The van der Waals surface area contributed by atoms with Crippen LogP contribution in [0.15, 0.2) is 58.4 Å². The predicted octanol–water partition coefficient (Wildman–Crippen LogP) is 3.63. The number of methoxy groups -OCH3 is 1. The molecule has 2 fully saturated rings. The average molecular weight is 595 g/mol. The van der Waals surface area contributed by atoms with Gasteiger partial charge in [-0.25, -0.2) is 4.90 Å². The Hall–Kier alpha value is -3.97. The molecule has 3 aliphatic heterocycles. The molecule has 0 saturated carbocycles. The Morgan fingerprint density at radius 1 is 1.02 bits per heavy atom. The van der Waals surface area contributed by atoms with Crippen molar-refractivity contribution in [3.05, 3.63) is 78.8 Å². The highest BCUT2D eigenvalue weighted by Crippen LogP contribution is 2.55. The van der Waals surface area contributed by atoms with Crippen LogP contribution in [-0.2, 0) is 20.9 Å². The lowest BCUT2D eigenvalue weighted by Gasteiger charge is -2.32. The smallest absolute Gasteiger partial charge is 0.308 e. The maximum Gasteiger partial charge on any atom is 0.308 e. The standard InChI is InChI=1S/C28H26N4O7S2/c1-39-19-8-4-3-7-18(19)21-22-23(26(35)31(25(22)34)16-9-11-17(12-10-16)32(37)38)40-27-24(21)41-28(36)30(27)15-20(33)29-13-5-2-6-14-29/h3-4,7-12,21-23H,2,5-6,13-15H2,1H3/t21-,22-,23+/m0/s1. The molecule has 3 atom stereocenters. The van der Waals surface area contributed by atoms with Gasteiger partial charge in [-0.2, -0.15) is 0 Å². The highest BCUT2D eigenvalue weighted by molar-refractivity contribution is 8.00. The third-order valence-corrected chi connectivity index (χ3v) is 10.4. The summed E-state index contributed by atoms with van der Waals surface area (Å²) in [6.45, 7) is 1.17. The second-order valence-corrected chi connectivity index (χ2v) is 12.3. The Kier molecular flexibility index (Phi) is 7.16. The summed E-state index contributed by atoms with van der Waals surface area (Å²) in [5, 5.41) is 10.8. The molecule has 0 radical (unpaired) electrons. The van der Waals surface area contributed by atoms with Crippen LogP contribution in [0.3, 0.4) is 0 Å². The van der Waals surface area contributed by atoms with E-state index in [1.54, 1.807) is 17.0 Å². The van der Waals surface area contributed by atoms with Gasteiger partial charge in [0.1, 0.15) is 17.5 Å². The van der Waals surface area contributed by atoms with Crippen molar-refractivity contribution >= 4 is 52.2 Å². The Labute approximate surface area is 242 Å². The lowest BCUT2D eigenvalue weighted by molar-refractivity contribution is -0.384. The molecule has 0 bridgehead atoms. The van der Waals surface area contributed by atoms with Crippen molar-refractivity contribution in [2.45, 2.75) is 42.0 Å². The minimum Gasteiger partial charge on any atom is -0.496 e. The van der Waals surface area contributed by atoms with Crippen LogP contribution in [0.1, 0.15) is 35.6 Å². The number of thioether (sulfide) groups is 1. The maximum atomic E-state index is 14.0. The summed E-state index contributed by atoms with van der Waals surface area (Å²) in [7, 11) is 1.52. The molecule has 13 heteroatoms. The number of anilines is 1. The van der Waals surface area contributed by atoms with Crippen LogP contribution in [0.25, 0.3) is 0 Å². The molecule has 0 unspecified atom stereocenters. The first kappa shape index (κ1) is 27.2. The first-order chi connectivity index (χ1) is 19.8. The van der Waals surface area contributed by atoms with Gasteiger partial charge in [0.2, 0.25) is 17.7 Å². The number of imide groups is 1. The van der Waals surface area contributed by atoms with Crippen molar-refractivity contribution in [1.29, 1.82) is 0 Å². The van der Waals surface area contributed by atoms with Gasteiger partial charge in [0, 0.05) is 41.6 Å². The number of nitro groups is 1. The molecule has 1 aromatic heterocycles. The summed E-state index contributed by atoms with van der Waals surface area (Å²) in [6, 6.07) is 12.5. The molecule has 2 saturated heterocycles. The number of likely N-dealkylation sites (tertiary alicyclic amines) is 1. The van der Waals surface area contributed by atoms with Crippen molar-refractivity contribution in [2.75, 3.05) is 25.1 Å². The van der Waals surface area contributed by atoms with Gasteiger partial charge in [-0.05, 0) is 37.5 Å². The molecule has 0 N–H and O–H groups in total. The van der Waals surface area contributed by atoms with Gasteiger partial charge in [-0.3, -0.25) is 33.9 Å². The number of rotatable bonds is 6. The molecule has 3 aromatic rings. The van der Waals surface area contributed by atoms with Gasteiger partial charge in [-0.1, -0.05) is 41.3 Å². The fraction of sp³-hybridized carbons (Fsp3) is 0.357. The summed E-state index contributed by atoms with van der Waals surface area (Å²) >= 11 is 2.12. The van der Waals surface area contributed by atoms with Crippen molar-refractivity contribution in [3.63, 3.8) is 0 Å². The zero-order chi connectivity index (χ0) is 28.8. The summed E-state index contributed by atoms with van der Waals surface area (Å²) in [4.78, 5) is 68.1. The number of amides is 3. The van der Waals surface area contributed by atoms with E-state index in [1.807, 2.05) is 12.1 Å². The summed E-state index contributed by atoms with van der Waals surface area (Å²) in [6.07, 6.45) is 2.91. The van der Waals surface area contributed by atoms with Crippen molar-refractivity contribution in [3.8, 4) is 5.75 Å². The third kappa shape index (κ3) is 4.62. The van der Waals surface area contributed by atoms with Crippen molar-refractivity contribution < 1.29 is 24.0 Å². The molecule has 212 valence electrons. The van der Waals surface area contributed by atoms with Crippen LogP contribution in [-0.4, -0.2) is 57.6 Å². The number of hydrogen-bond acceptors (Lipinski definition) is 9. The monoisotopic (exact) mass is 594 g/mol. The lowest BCUT2D eigenvalue weighted by Crippen LogP contribution is -2.39. The normalized spacial score (nSPS) is 21.9. The second kappa shape index (κ2) is 10.8. The van der Waals surface area contributed by atoms with Gasteiger partial charge in [0.25, 0.3) is 5.69 Å². The summed E-state index contributed by atoms with van der Waals surface area (Å²) in [5.74, 6) is -2.09. The van der Waals surface area contributed by atoms with Crippen molar-refractivity contribution in [1.82, 2.24) is 9.47 Å². The van der Waals surface area contributed by atoms with Crippen molar-refractivity contribution in [2.24, 2.45) is 5.92 Å². The molecule has 3 aliphatic rings. The largest absolute Gasteiger partial charge is 0.496 e. The van der Waals surface area contributed by atoms with E-state index in [-0.39, 0.29) is 28.7 Å². The Bertz CT molecular complexity index is 1610. The number of thiazole rings is 1. The molecule has 2 aromatic carbocycles.